The minimum absolute atomic E-state index is 0.0263. The topological polar surface area (TPSA) is 58.2 Å². The Morgan fingerprint density at radius 3 is 2.59 bits per heavy atom. The average molecular weight is 316 g/mol. The lowest BCUT2D eigenvalue weighted by Gasteiger charge is -2.13. The Balaban J connectivity index is 1.85. The summed E-state index contributed by atoms with van der Waals surface area (Å²) in [7, 11) is 0. The number of aryl methyl sites for hydroxylation is 2. The van der Waals surface area contributed by atoms with Crippen LogP contribution in [0.3, 0.4) is 0 Å². The molecular formula is C17H20N2O2S. The van der Waals surface area contributed by atoms with Crippen LogP contribution < -0.4 is 10.6 Å². The van der Waals surface area contributed by atoms with Gasteiger partial charge < -0.3 is 10.6 Å². The van der Waals surface area contributed by atoms with E-state index in [0.29, 0.717) is 5.56 Å². The number of nitrogens with one attached hydrogen (secondary N) is 2. The molecule has 116 valence electrons. The first-order chi connectivity index (χ1) is 10.5. The third kappa shape index (κ3) is 4.18. The second kappa shape index (κ2) is 7.22. The number of amides is 2. The summed E-state index contributed by atoms with van der Waals surface area (Å²) < 4.78 is 0. The van der Waals surface area contributed by atoms with Gasteiger partial charge in [0.05, 0.1) is 12.6 Å². The third-order valence-electron chi connectivity index (χ3n) is 3.53. The van der Waals surface area contributed by atoms with E-state index in [1.807, 2.05) is 50.4 Å². The zero-order valence-corrected chi connectivity index (χ0v) is 13.8. The van der Waals surface area contributed by atoms with Crippen LogP contribution in [0.2, 0.25) is 0 Å². The van der Waals surface area contributed by atoms with Crippen LogP contribution in [0.4, 0.5) is 0 Å². The smallest absolute Gasteiger partial charge is 0.251 e. The second-order valence-electron chi connectivity index (χ2n) is 5.29. The highest BCUT2D eigenvalue weighted by Gasteiger charge is 2.12. The zero-order chi connectivity index (χ0) is 16.1. The molecule has 0 aliphatic rings. The van der Waals surface area contributed by atoms with Gasteiger partial charge in [0, 0.05) is 10.4 Å². The lowest BCUT2D eigenvalue weighted by Crippen LogP contribution is -2.37. The molecule has 2 amide bonds. The SMILES string of the molecule is Cc1ccc(C(=O)NCC(=O)N[C@@H](C)c2cccs2)cc1C. The maximum absolute atomic E-state index is 12.0. The molecule has 0 unspecified atom stereocenters. The van der Waals surface area contributed by atoms with Gasteiger partial charge in [0.25, 0.3) is 5.91 Å². The van der Waals surface area contributed by atoms with Gasteiger partial charge in [-0.1, -0.05) is 12.1 Å². The Bertz CT molecular complexity index is 665. The molecule has 0 saturated carbocycles. The van der Waals surface area contributed by atoms with Crippen LogP contribution in [0.15, 0.2) is 35.7 Å². The number of rotatable bonds is 5. The molecule has 2 aromatic rings. The highest BCUT2D eigenvalue weighted by Crippen LogP contribution is 2.17. The quantitative estimate of drug-likeness (QED) is 0.891. The van der Waals surface area contributed by atoms with Gasteiger partial charge in [-0.05, 0) is 55.5 Å². The third-order valence-corrected chi connectivity index (χ3v) is 4.58. The summed E-state index contributed by atoms with van der Waals surface area (Å²) in [4.78, 5) is 25.0. The molecular weight excluding hydrogens is 296 g/mol. The van der Waals surface area contributed by atoms with E-state index in [-0.39, 0.29) is 24.4 Å². The van der Waals surface area contributed by atoms with E-state index in [1.165, 1.54) is 0 Å². The maximum Gasteiger partial charge on any atom is 0.251 e. The number of benzene rings is 1. The lowest BCUT2D eigenvalue weighted by atomic mass is 10.1. The van der Waals surface area contributed by atoms with Crippen molar-refractivity contribution in [2.45, 2.75) is 26.8 Å². The standard InChI is InChI=1S/C17H20N2O2S/c1-11-6-7-14(9-12(11)2)17(21)18-10-16(20)19-13(3)15-5-4-8-22-15/h4-9,13H,10H2,1-3H3,(H,18,21)(H,19,20)/t13-/m0/s1. The summed E-state index contributed by atoms with van der Waals surface area (Å²) in [5.74, 6) is -0.430. The van der Waals surface area contributed by atoms with Crippen LogP contribution in [0.1, 0.15) is 39.3 Å². The Morgan fingerprint density at radius 2 is 1.95 bits per heavy atom. The fourth-order valence-electron chi connectivity index (χ4n) is 2.05. The number of hydrogen-bond acceptors (Lipinski definition) is 3. The van der Waals surface area contributed by atoms with Crippen molar-refractivity contribution < 1.29 is 9.59 Å². The van der Waals surface area contributed by atoms with Crippen molar-refractivity contribution in [2.24, 2.45) is 0 Å². The molecule has 0 saturated heterocycles. The van der Waals surface area contributed by atoms with Gasteiger partial charge in [-0.15, -0.1) is 11.3 Å². The minimum atomic E-state index is -0.234. The van der Waals surface area contributed by atoms with Crippen molar-refractivity contribution in [3.8, 4) is 0 Å². The summed E-state index contributed by atoms with van der Waals surface area (Å²) in [5.41, 5.74) is 2.77. The van der Waals surface area contributed by atoms with E-state index in [0.717, 1.165) is 16.0 Å². The summed E-state index contributed by atoms with van der Waals surface area (Å²) in [6.07, 6.45) is 0. The Kier molecular flexibility index (Phi) is 5.33. The van der Waals surface area contributed by atoms with Crippen LogP contribution >= 0.6 is 11.3 Å². The lowest BCUT2D eigenvalue weighted by molar-refractivity contribution is -0.120. The number of thiophene rings is 1. The van der Waals surface area contributed by atoms with E-state index in [9.17, 15) is 9.59 Å². The largest absolute Gasteiger partial charge is 0.347 e. The molecule has 22 heavy (non-hydrogen) atoms. The molecule has 4 nitrogen and oxygen atoms in total. The number of hydrogen-bond donors (Lipinski definition) is 2. The molecule has 0 fully saturated rings. The van der Waals surface area contributed by atoms with E-state index in [4.69, 9.17) is 0 Å². The predicted octanol–water partition coefficient (Wildman–Crippen LogP) is 2.97. The molecule has 0 aliphatic carbocycles. The molecule has 2 N–H and O–H groups in total. The van der Waals surface area contributed by atoms with Crippen LogP contribution in [0.25, 0.3) is 0 Å². The first kappa shape index (κ1) is 16.2. The Labute approximate surface area is 134 Å². The van der Waals surface area contributed by atoms with Crippen LogP contribution in [-0.4, -0.2) is 18.4 Å². The van der Waals surface area contributed by atoms with Gasteiger partial charge in [-0.2, -0.15) is 0 Å². The van der Waals surface area contributed by atoms with Gasteiger partial charge in [-0.3, -0.25) is 9.59 Å². The first-order valence-corrected chi connectivity index (χ1v) is 8.03. The second-order valence-corrected chi connectivity index (χ2v) is 6.27. The summed E-state index contributed by atoms with van der Waals surface area (Å²) in [6.45, 7) is 5.86. The summed E-state index contributed by atoms with van der Waals surface area (Å²) in [5, 5.41) is 7.49. The van der Waals surface area contributed by atoms with Gasteiger partial charge in [-0.25, -0.2) is 0 Å². The molecule has 1 aromatic heterocycles. The highest BCUT2D eigenvalue weighted by molar-refractivity contribution is 7.10. The van der Waals surface area contributed by atoms with Crippen molar-refractivity contribution in [2.75, 3.05) is 6.54 Å². The van der Waals surface area contributed by atoms with Crippen LogP contribution in [0.5, 0.6) is 0 Å². The maximum atomic E-state index is 12.0. The molecule has 1 aromatic carbocycles. The van der Waals surface area contributed by atoms with Gasteiger partial charge in [0.1, 0.15) is 0 Å². The van der Waals surface area contributed by atoms with Crippen LogP contribution in [-0.2, 0) is 4.79 Å². The molecule has 1 atom stereocenters. The molecule has 0 spiro atoms. The minimum Gasteiger partial charge on any atom is -0.347 e. The molecule has 0 aliphatic heterocycles. The molecule has 0 bridgehead atoms. The highest BCUT2D eigenvalue weighted by atomic mass is 32.1. The zero-order valence-electron chi connectivity index (χ0n) is 13.0. The molecule has 1 heterocycles. The van der Waals surface area contributed by atoms with Crippen molar-refractivity contribution in [1.29, 1.82) is 0 Å². The van der Waals surface area contributed by atoms with Crippen LogP contribution in [0, 0.1) is 13.8 Å². The fourth-order valence-corrected chi connectivity index (χ4v) is 2.78. The van der Waals surface area contributed by atoms with Gasteiger partial charge in [0.15, 0.2) is 0 Å². The first-order valence-electron chi connectivity index (χ1n) is 7.15. The fraction of sp³-hybridized carbons (Fsp3) is 0.294. The van der Waals surface area contributed by atoms with Gasteiger partial charge >= 0.3 is 0 Å². The van der Waals surface area contributed by atoms with E-state index in [1.54, 1.807) is 17.4 Å². The average Bonchev–Trinajstić information content (AvgIpc) is 3.02. The number of carbonyl (C=O) groups is 2. The van der Waals surface area contributed by atoms with Crippen molar-refractivity contribution in [3.05, 3.63) is 57.3 Å². The van der Waals surface area contributed by atoms with E-state index < -0.39 is 0 Å². The summed E-state index contributed by atoms with van der Waals surface area (Å²) >= 11 is 1.60. The van der Waals surface area contributed by atoms with Crippen molar-refractivity contribution in [1.82, 2.24) is 10.6 Å². The monoisotopic (exact) mass is 316 g/mol. The predicted molar refractivity (Wildman–Crippen MR) is 89.1 cm³/mol. The summed E-state index contributed by atoms with van der Waals surface area (Å²) in [6, 6.07) is 9.38. The van der Waals surface area contributed by atoms with Crippen molar-refractivity contribution >= 4 is 23.2 Å². The normalized spacial score (nSPS) is 11.8. The molecule has 5 heteroatoms. The molecule has 0 radical (unpaired) electrons. The van der Waals surface area contributed by atoms with E-state index >= 15 is 0 Å². The Morgan fingerprint density at radius 1 is 1.18 bits per heavy atom. The van der Waals surface area contributed by atoms with Gasteiger partial charge in [0.2, 0.25) is 5.91 Å². The van der Waals surface area contributed by atoms with E-state index in [2.05, 4.69) is 10.6 Å². The number of carbonyl (C=O) groups excluding carboxylic acids is 2. The Hall–Kier alpha value is -2.14. The molecule has 2 rings (SSSR count). The van der Waals surface area contributed by atoms with Crippen molar-refractivity contribution in [3.63, 3.8) is 0 Å².